The summed E-state index contributed by atoms with van der Waals surface area (Å²) >= 11 is 11.8. The molecular weight excluding hydrogens is 669 g/mol. The molecule has 15 heteroatoms. The molecule has 1 aliphatic heterocycles. The van der Waals surface area contributed by atoms with Crippen LogP contribution in [-0.2, 0) is 6.42 Å². The first kappa shape index (κ1) is 35.6. The van der Waals surface area contributed by atoms with Gasteiger partial charge in [-0.15, -0.1) is 11.6 Å². The van der Waals surface area contributed by atoms with E-state index in [-0.39, 0.29) is 33.7 Å². The molecule has 2 N–H and O–H groups in total. The third-order valence-corrected chi connectivity index (χ3v) is 7.57. The van der Waals surface area contributed by atoms with E-state index in [1.807, 2.05) is 0 Å². The third kappa shape index (κ3) is 8.17. The Morgan fingerprint density at radius 3 is 1.72 bits per heavy atom. The monoisotopic (exact) mass is 697 g/mol. The lowest BCUT2D eigenvalue weighted by molar-refractivity contribution is 0.125. The first-order valence-electron chi connectivity index (χ1n) is 13.6. The van der Waals surface area contributed by atoms with Crippen LogP contribution in [0.2, 0.25) is 5.15 Å². The van der Waals surface area contributed by atoms with E-state index >= 15 is 0 Å². The molecule has 9 nitrogen and oxygen atoms in total. The minimum Gasteiger partial charge on any atom is -0.494 e. The Bertz CT molecular complexity index is 1800. The highest BCUT2D eigenvalue weighted by Gasteiger charge is 2.25. The van der Waals surface area contributed by atoms with Gasteiger partial charge in [0.25, 0.3) is 0 Å². The lowest BCUT2D eigenvalue weighted by Gasteiger charge is -2.27. The first-order chi connectivity index (χ1) is 22.4. The number of alkyl halides is 1. The molecule has 0 aliphatic carbocycles. The standard InChI is InChI=1S/C11H9ClFNO2.C11H9F2NO2.C10H11ClFNO2/c1-15-9-3-6-4-10(16-2)14-11(12)7(6)5-8(9)13;1-15-9-3-6-4-10(16-2)14-11(13)7(6)5-8(9)12;1-15-8-2-5-3-9(14)13-10(11)6(5)4-7(8)12/h2*3-5H,1-2H3;2,4,9-10,13-14H,3H2,1H3. The van der Waals surface area contributed by atoms with Crippen LogP contribution in [0.25, 0.3) is 21.5 Å². The van der Waals surface area contributed by atoms with Gasteiger partial charge in [-0.3, -0.25) is 5.32 Å². The molecule has 0 saturated carbocycles. The number of benzene rings is 3. The fraction of sp³-hybridized carbons (Fsp3) is 0.250. The maximum Gasteiger partial charge on any atom is 0.224 e. The number of aliphatic hydroxyl groups excluding tert-OH is 1. The van der Waals surface area contributed by atoms with Gasteiger partial charge >= 0.3 is 0 Å². The topological polar surface area (TPSA) is 104 Å². The van der Waals surface area contributed by atoms with E-state index < -0.39 is 35.1 Å². The van der Waals surface area contributed by atoms with Crippen LogP contribution in [0, 0.1) is 23.4 Å². The van der Waals surface area contributed by atoms with Gasteiger partial charge in [-0.2, -0.15) is 9.37 Å². The lowest BCUT2D eigenvalue weighted by Crippen LogP contribution is -2.37. The number of hydrogen-bond donors (Lipinski definition) is 2. The van der Waals surface area contributed by atoms with E-state index in [1.165, 1.54) is 59.8 Å². The van der Waals surface area contributed by atoms with Gasteiger partial charge in [-0.25, -0.2) is 18.2 Å². The summed E-state index contributed by atoms with van der Waals surface area (Å²) in [6.07, 6.45) is -0.301. The predicted molar refractivity (Wildman–Crippen MR) is 169 cm³/mol. The Kier molecular flexibility index (Phi) is 11.7. The molecule has 0 bridgehead atoms. The zero-order valence-electron chi connectivity index (χ0n) is 25.6. The SMILES string of the molecule is COc1cc2c(cc1F)C(Cl)NC(O)C2.COc1cc2cc(OC)c(F)cc2c(Cl)n1.COc1cc2cc(OC)c(F)cc2c(F)n1. The summed E-state index contributed by atoms with van der Waals surface area (Å²) in [5, 5.41) is 14.2. The van der Waals surface area contributed by atoms with Crippen molar-refractivity contribution >= 4 is 44.7 Å². The van der Waals surface area contributed by atoms with Gasteiger partial charge in [-0.05, 0) is 58.3 Å². The van der Waals surface area contributed by atoms with Crippen molar-refractivity contribution in [2.75, 3.05) is 35.5 Å². The average Bonchev–Trinajstić information content (AvgIpc) is 3.05. The molecule has 2 aromatic heterocycles. The van der Waals surface area contributed by atoms with Crippen LogP contribution in [0.3, 0.4) is 0 Å². The van der Waals surface area contributed by atoms with Crippen molar-refractivity contribution in [3.8, 4) is 29.0 Å². The highest BCUT2D eigenvalue weighted by atomic mass is 35.5. The molecule has 6 rings (SSSR count). The Labute approximate surface area is 276 Å². The molecular formula is C32H29Cl2F4N3O6. The number of ether oxygens (including phenoxy) is 5. The highest BCUT2D eigenvalue weighted by molar-refractivity contribution is 6.34. The smallest absolute Gasteiger partial charge is 0.224 e. The van der Waals surface area contributed by atoms with Crippen molar-refractivity contribution in [1.82, 2.24) is 15.3 Å². The van der Waals surface area contributed by atoms with Gasteiger partial charge in [0.15, 0.2) is 34.7 Å². The number of aromatic nitrogens is 2. The maximum atomic E-state index is 13.5. The number of pyridine rings is 2. The summed E-state index contributed by atoms with van der Waals surface area (Å²) < 4.78 is 78.0. The summed E-state index contributed by atoms with van der Waals surface area (Å²) in [5.74, 6) is -1.39. The molecule has 0 spiro atoms. The van der Waals surface area contributed by atoms with Crippen molar-refractivity contribution in [3.63, 3.8) is 0 Å². The van der Waals surface area contributed by atoms with Gasteiger partial charge in [-0.1, -0.05) is 11.6 Å². The van der Waals surface area contributed by atoms with Gasteiger partial charge in [0.1, 0.15) is 16.9 Å². The fourth-order valence-corrected chi connectivity index (χ4v) is 5.20. The predicted octanol–water partition coefficient (Wildman–Crippen LogP) is 7.11. The molecule has 0 fully saturated rings. The van der Waals surface area contributed by atoms with E-state index in [4.69, 9.17) is 46.9 Å². The van der Waals surface area contributed by atoms with Gasteiger partial charge < -0.3 is 28.8 Å². The number of nitrogens with one attached hydrogen (secondary N) is 1. The summed E-state index contributed by atoms with van der Waals surface area (Å²) in [7, 11) is 7.03. The number of halogens is 6. The van der Waals surface area contributed by atoms with Crippen LogP contribution in [-0.4, -0.2) is 56.9 Å². The van der Waals surface area contributed by atoms with Crippen LogP contribution in [0.4, 0.5) is 17.6 Å². The molecule has 3 heterocycles. The second kappa shape index (κ2) is 15.5. The molecule has 2 unspecified atom stereocenters. The van der Waals surface area contributed by atoms with E-state index in [0.29, 0.717) is 28.6 Å². The number of rotatable bonds is 5. The maximum absolute atomic E-state index is 13.5. The molecule has 0 saturated heterocycles. The zero-order chi connectivity index (χ0) is 34.4. The van der Waals surface area contributed by atoms with E-state index in [0.717, 1.165) is 17.0 Å². The molecule has 5 aromatic rings. The van der Waals surface area contributed by atoms with Gasteiger partial charge in [0.2, 0.25) is 17.7 Å². The summed E-state index contributed by atoms with van der Waals surface area (Å²) in [6.45, 7) is 0. The molecule has 2 atom stereocenters. The Balaban J connectivity index is 0.000000160. The minimum atomic E-state index is -0.768. The number of aliphatic hydroxyl groups is 1. The van der Waals surface area contributed by atoms with E-state index in [9.17, 15) is 22.7 Å². The molecule has 0 amide bonds. The average molecular weight is 698 g/mol. The van der Waals surface area contributed by atoms with Crippen LogP contribution >= 0.6 is 23.2 Å². The number of fused-ring (bicyclic) bond motifs is 3. The number of methoxy groups -OCH3 is 5. The molecule has 0 radical (unpaired) electrons. The Morgan fingerprint density at radius 2 is 1.17 bits per heavy atom. The van der Waals surface area contributed by atoms with Crippen LogP contribution in [0.15, 0.2) is 48.5 Å². The Morgan fingerprint density at radius 1 is 0.681 bits per heavy atom. The number of hydrogen-bond acceptors (Lipinski definition) is 9. The molecule has 250 valence electrons. The summed E-state index contributed by atoms with van der Waals surface area (Å²) in [6, 6.07) is 11.4. The van der Waals surface area contributed by atoms with Crippen molar-refractivity contribution < 1.29 is 46.4 Å². The molecule has 3 aromatic carbocycles. The number of nitrogens with zero attached hydrogens (tertiary/aromatic N) is 2. The third-order valence-electron chi connectivity index (χ3n) is 6.92. The second-order valence-electron chi connectivity index (χ2n) is 9.76. The fourth-order valence-electron chi connectivity index (χ4n) is 4.61. The lowest BCUT2D eigenvalue weighted by atomic mass is 9.99. The molecule has 1 aliphatic rings. The van der Waals surface area contributed by atoms with Crippen LogP contribution in [0.5, 0.6) is 29.0 Å². The largest absolute Gasteiger partial charge is 0.494 e. The first-order valence-corrected chi connectivity index (χ1v) is 14.4. The van der Waals surface area contributed by atoms with E-state index in [1.54, 1.807) is 18.2 Å². The summed E-state index contributed by atoms with van der Waals surface area (Å²) in [4.78, 5) is 7.47. The van der Waals surface area contributed by atoms with E-state index in [2.05, 4.69) is 15.3 Å². The highest BCUT2D eigenvalue weighted by Crippen LogP contribution is 2.33. The Hall–Kier alpha value is -4.30. The van der Waals surface area contributed by atoms with Gasteiger partial charge in [0, 0.05) is 29.3 Å². The van der Waals surface area contributed by atoms with Crippen LogP contribution in [0.1, 0.15) is 16.6 Å². The van der Waals surface area contributed by atoms with Crippen LogP contribution < -0.4 is 29.0 Å². The second-order valence-corrected chi connectivity index (χ2v) is 10.6. The quantitative estimate of drug-likeness (QED) is 0.0861. The van der Waals surface area contributed by atoms with Crippen molar-refractivity contribution in [2.45, 2.75) is 18.1 Å². The molecule has 47 heavy (non-hydrogen) atoms. The zero-order valence-corrected chi connectivity index (χ0v) is 27.1. The van der Waals surface area contributed by atoms with Crippen molar-refractivity contribution in [3.05, 3.63) is 88.2 Å². The minimum absolute atomic E-state index is 0.0557. The normalized spacial score (nSPS) is 15.1. The van der Waals surface area contributed by atoms with Crippen molar-refractivity contribution in [1.29, 1.82) is 0 Å². The van der Waals surface area contributed by atoms with Crippen molar-refractivity contribution in [2.24, 2.45) is 0 Å². The summed E-state index contributed by atoms with van der Waals surface area (Å²) in [5.41, 5.74) is 0.893. The van der Waals surface area contributed by atoms with Gasteiger partial charge in [0.05, 0.1) is 35.5 Å².